The van der Waals surface area contributed by atoms with Crippen molar-refractivity contribution in [3.63, 3.8) is 0 Å². The monoisotopic (exact) mass is 263 g/mol. The number of rotatable bonds is 2. The van der Waals surface area contributed by atoms with Gasteiger partial charge in [0.15, 0.2) is 0 Å². The molecule has 6 nitrogen and oxygen atoms in total. The van der Waals surface area contributed by atoms with Gasteiger partial charge in [-0.3, -0.25) is 14.4 Å². The van der Waals surface area contributed by atoms with Gasteiger partial charge in [0.2, 0.25) is 17.7 Å². The Labute approximate surface area is 101 Å². The Kier molecular flexibility index (Phi) is 4.94. The van der Waals surface area contributed by atoms with Crippen LogP contribution in [0.2, 0.25) is 0 Å². The van der Waals surface area contributed by atoms with Crippen LogP contribution in [0.5, 0.6) is 0 Å². The molecule has 0 aromatic rings. The Morgan fingerprint density at radius 2 is 2.06 bits per heavy atom. The summed E-state index contributed by atoms with van der Waals surface area (Å²) >= 11 is 0. The number of primary amides is 1. The second-order valence-corrected chi connectivity index (χ2v) is 5.84. The molecule has 1 aliphatic rings. The number of carbonyl (C=O) groups excluding carboxylic acids is 3. The maximum Gasteiger partial charge on any atom is 0.244 e. The lowest BCUT2D eigenvalue weighted by Gasteiger charge is -2.23. The number of nitrogens with one attached hydrogen (secondary N) is 2. The van der Waals surface area contributed by atoms with Crippen molar-refractivity contribution in [3.8, 4) is 0 Å². The molecule has 0 aromatic heterocycles. The lowest BCUT2D eigenvalue weighted by Crippen LogP contribution is -2.55. The van der Waals surface area contributed by atoms with E-state index in [-0.39, 0.29) is 11.8 Å². The zero-order valence-electron chi connectivity index (χ0n) is 8.69. The lowest BCUT2D eigenvalue weighted by molar-refractivity contribution is -0.130. The van der Waals surface area contributed by atoms with Crippen LogP contribution in [0.3, 0.4) is 0 Å². The van der Waals surface area contributed by atoms with E-state index in [0.29, 0.717) is 11.5 Å². The molecule has 0 radical (unpaired) electrons. The molecule has 1 saturated heterocycles. The van der Waals surface area contributed by atoms with Crippen LogP contribution in [0.4, 0.5) is 0 Å². The zero-order valence-corrected chi connectivity index (χ0v) is 10.3. The molecule has 1 rings (SSSR count). The molecule has 8 heteroatoms. The average molecular weight is 263 g/mol. The van der Waals surface area contributed by atoms with E-state index in [0.717, 1.165) is 0 Å². The predicted octanol–water partition coefficient (Wildman–Crippen LogP) is -1.14. The minimum atomic E-state index is -0.679. The van der Waals surface area contributed by atoms with Gasteiger partial charge in [-0.15, -0.1) is 0 Å². The molecular formula is C8H13N3O3S2. The van der Waals surface area contributed by atoms with Gasteiger partial charge in [-0.05, 0) is 0 Å². The van der Waals surface area contributed by atoms with Gasteiger partial charge >= 0.3 is 0 Å². The van der Waals surface area contributed by atoms with Crippen LogP contribution in [0.1, 0.15) is 6.92 Å². The summed E-state index contributed by atoms with van der Waals surface area (Å²) in [6.07, 6.45) is 0. The van der Waals surface area contributed by atoms with Crippen LogP contribution in [-0.2, 0) is 14.4 Å². The van der Waals surface area contributed by atoms with E-state index < -0.39 is 18.0 Å². The van der Waals surface area contributed by atoms with Crippen LogP contribution in [0.15, 0.2) is 0 Å². The molecule has 2 atom stereocenters. The second kappa shape index (κ2) is 6.00. The first-order valence-electron chi connectivity index (χ1n) is 4.62. The molecule has 0 aromatic carbocycles. The number of hydrogen-bond donors (Lipinski definition) is 3. The molecule has 1 fully saturated rings. The van der Waals surface area contributed by atoms with Crippen LogP contribution < -0.4 is 16.4 Å². The van der Waals surface area contributed by atoms with Gasteiger partial charge in [-0.1, -0.05) is 21.6 Å². The normalized spacial score (nSPS) is 26.2. The largest absolute Gasteiger partial charge is 0.368 e. The van der Waals surface area contributed by atoms with Gasteiger partial charge in [-0.25, -0.2) is 0 Å². The number of hydrogen-bond acceptors (Lipinski definition) is 5. The van der Waals surface area contributed by atoms with Gasteiger partial charge in [0.25, 0.3) is 0 Å². The molecule has 0 saturated carbocycles. The molecule has 4 N–H and O–H groups in total. The minimum absolute atomic E-state index is 0.276. The fourth-order valence-corrected chi connectivity index (χ4v) is 3.47. The molecule has 0 unspecified atom stereocenters. The van der Waals surface area contributed by atoms with E-state index in [1.807, 2.05) is 0 Å². The zero-order chi connectivity index (χ0) is 12.1. The molecule has 90 valence electrons. The number of carbonyl (C=O) groups is 3. The van der Waals surface area contributed by atoms with Crippen molar-refractivity contribution in [1.82, 2.24) is 10.6 Å². The summed E-state index contributed by atoms with van der Waals surface area (Å²) in [4.78, 5) is 33.5. The molecule has 1 heterocycles. The summed E-state index contributed by atoms with van der Waals surface area (Å²) in [7, 11) is 2.89. The maximum absolute atomic E-state index is 11.7. The molecule has 0 bridgehead atoms. The summed E-state index contributed by atoms with van der Waals surface area (Å²) in [5, 5.41) is 5.03. The van der Waals surface area contributed by atoms with Crippen molar-refractivity contribution in [2.75, 3.05) is 11.5 Å². The molecular weight excluding hydrogens is 250 g/mol. The van der Waals surface area contributed by atoms with Crippen molar-refractivity contribution in [2.45, 2.75) is 19.0 Å². The maximum atomic E-state index is 11.7. The molecule has 3 amide bonds. The van der Waals surface area contributed by atoms with E-state index in [1.54, 1.807) is 0 Å². The van der Waals surface area contributed by atoms with Crippen molar-refractivity contribution in [2.24, 2.45) is 5.73 Å². The van der Waals surface area contributed by atoms with Gasteiger partial charge in [0.1, 0.15) is 12.1 Å². The lowest BCUT2D eigenvalue weighted by atomic mass is 10.2. The first-order valence-corrected chi connectivity index (χ1v) is 7.10. The third-order valence-corrected chi connectivity index (χ3v) is 4.33. The Balaban J connectivity index is 2.64. The van der Waals surface area contributed by atoms with E-state index in [2.05, 4.69) is 10.6 Å². The van der Waals surface area contributed by atoms with E-state index in [1.165, 1.54) is 28.5 Å². The Morgan fingerprint density at radius 1 is 1.44 bits per heavy atom. The van der Waals surface area contributed by atoms with E-state index in [9.17, 15) is 14.4 Å². The van der Waals surface area contributed by atoms with Crippen LogP contribution in [0, 0.1) is 0 Å². The second-order valence-electron chi connectivity index (χ2n) is 3.29. The highest BCUT2D eigenvalue weighted by atomic mass is 33.1. The van der Waals surface area contributed by atoms with Crippen molar-refractivity contribution >= 4 is 39.3 Å². The van der Waals surface area contributed by atoms with Gasteiger partial charge in [-0.2, -0.15) is 0 Å². The summed E-state index contributed by atoms with van der Waals surface area (Å²) in [5.41, 5.74) is 5.13. The Bertz CT molecular complexity index is 311. The quantitative estimate of drug-likeness (QED) is 0.546. The molecule has 1 aliphatic heterocycles. The van der Waals surface area contributed by atoms with Crippen LogP contribution in [-0.4, -0.2) is 41.3 Å². The Morgan fingerprint density at radius 3 is 2.62 bits per heavy atom. The average Bonchev–Trinajstić information content (AvgIpc) is 2.16. The first kappa shape index (κ1) is 13.2. The fourth-order valence-electron chi connectivity index (χ4n) is 1.13. The van der Waals surface area contributed by atoms with Crippen molar-refractivity contribution in [3.05, 3.63) is 0 Å². The third-order valence-electron chi connectivity index (χ3n) is 1.91. The number of amides is 3. The van der Waals surface area contributed by atoms with Crippen LogP contribution >= 0.6 is 21.6 Å². The fraction of sp³-hybridized carbons (Fsp3) is 0.625. The highest BCUT2D eigenvalue weighted by molar-refractivity contribution is 8.76. The minimum Gasteiger partial charge on any atom is -0.368 e. The standard InChI is InChI=1S/C8H13N3O3S2/c1-4(12)10-6-3-16-15-2-5(7(9)13)11-8(6)14/h5-6H,2-3H2,1H3,(H2,9,13)(H,10,12)(H,11,14)/t5-,6-/m0/s1. The summed E-state index contributed by atoms with van der Waals surface area (Å²) in [6.45, 7) is 1.34. The highest BCUT2D eigenvalue weighted by Gasteiger charge is 2.27. The topological polar surface area (TPSA) is 101 Å². The predicted molar refractivity (Wildman–Crippen MR) is 63.6 cm³/mol. The van der Waals surface area contributed by atoms with E-state index in [4.69, 9.17) is 5.73 Å². The van der Waals surface area contributed by atoms with E-state index >= 15 is 0 Å². The van der Waals surface area contributed by atoms with Crippen molar-refractivity contribution in [1.29, 1.82) is 0 Å². The molecule has 0 spiro atoms. The van der Waals surface area contributed by atoms with Crippen molar-refractivity contribution < 1.29 is 14.4 Å². The first-order chi connectivity index (χ1) is 7.50. The SMILES string of the molecule is CC(=O)N[C@H]1CSSC[C@@H](C(N)=O)NC1=O. The molecule has 0 aliphatic carbocycles. The number of nitrogens with two attached hydrogens (primary N) is 1. The third kappa shape index (κ3) is 3.93. The van der Waals surface area contributed by atoms with Gasteiger partial charge < -0.3 is 16.4 Å². The Hall–Kier alpha value is -0.890. The summed E-state index contributed by atoms with van der Waals surface area (Å²) in [5.74, 6) is -0.293. The van der Waals surface area contributed by atoms with Crippen LogP contribution in [0.25, 0.3) is 0 Å². The van der Waals surface area contributed by atoms with Gasteiger partial charge in [0, 0.05) is 18.4 Å². The summed E-state index contributed by atoms with van der Waals surface area (Å²) < 4.78 is 0. The summed E-state index contributed by atoms with van der Waals surface area (Å²) in [6, 6.07) is -1.29. The molecule has 16 heavy (non-hydrogen) atoms. The highest BCUT2D eigenvalue weighted by Crippen LogP contribution is 2.24. The van der Waals surface area contributed by atoms with Gasteiger partial charge in [0.05, 0.1) is 0 Å². The smallest absolute Gasteiger partial charge is 0.244 e.